The van der Waals surface area contributed by atoms with Crippen molar-refractivity contribution in [1.29, 1.82) is 0 Å². The fourth-order valence-corrected chi connectivity index (χ4v) is 3.62. The molecule has 4 rings (SSSR count). The average Bonchev–Trinajstić information content (AvgIpc) is 3.16. The summed E-state index contributed by atoms with van der Waals surface area (Å²) in [5.41, 5.74) is 1.66. The highest BCUT2D eigenvalue weighted by molar-refractivity contribution is 7.22. The quantitative estimate of drug-likeness (QED) is 0.531. The van der Waals surface area contributed by atoms with Crippen LogP contribution in [0, 0.1) is 12.7 Å². The minimum Gasteiger partial charge on any atom is -0.453 e. The largest absolute Gasteiger partial charge is 0.453 e. The number of imidazole rings is 1. The van der Waals surface area contributed by atoms with Crippen LogP contribution < -0.4 is 4.74 Å². The maximum atomic E-state index is 14.1. The van der Waals surface area contributed by atoms with Crippen LogP contribution in [0.15, 0.2) is 48.9 Å². The van der Waals surface area contributed by atoms with Crippen LogP contribution >= 0.6 is 11.3 Å². The molecule has 0 atom stereocenters. The van der Waals surface area contributed by atoms with Gasteiger partial charge in [0, 0.05) is 31.7 Å². The van der Waals surface area contributed by atoms with E-state index in [9.17, 15) is 4.39 Å². The van der Waals surface area contributed by atoms with Crippen molar-refractivity contribution in [2.24, 2.45) is 7.05 Å². The molecule has 0 radical (unpaired) electrons. The summed E-state index contributed by atoms with van der Waals surface area (Å²) in [6, 6.07) is 8.65. The van der Waals surface area contributed by atoms with Crippen molar-refractivity contribution in [3.05, 3.63) is 60.3 Å². The number of rotatable bonds is 3. The van der Waals surface area contributed by atoms with Crippen LogP contribution in [0.5, 0.6) is 11.5 Å². The Kier molecular flexibility index (Phi) is 3.54. The van der Waals surface area contributed by atoms with E-state index < -0.39 is 0 Å². The van der Waals surface area contributed by atoms with Gasteiger partial charge in [-0.2, -0.15) is 0 Å². The standard InChI is InChI=1S/C18H14FN3OS/c1-11-3-4-14(12(19)9-11)23-15-5-6-20-13-10-16(24-17(13)15)18-21-7-8-22(18)2/h3-10H,1-2H3. The minimum absolute atomic E-state index is 0.208. The molecule has 24 heavy (non-hydrogen) atoms. The third kappa shape index (κ3) is 2.55. The molecule has 0 aliphatic heterocycles. The summed E-state index contributed by atoms with van der Waals surface area (Å²) in [6.07, 6.45) is 5.32. The van der Waals surface area contributed by atoms with Crippen molar-refractivity contribution in [2.45, 2.75) is 6.92 Å². The third-order valence-corrected chi connectivity index (χ3v) is 4.86. The first-order valence-corrected chi connectivity index (χ1v) is 8.24. The van der Waals surface area contributed by atoms with Gasteiger partial charge in [-0.1, -0.05) is 6.07 Å². The molecule has 0 saturated carbocycles. The highest BCUT2D eigenvalue weighted by atomic mass is 32.1. The highest BCUT2D eigenvalue weighted by Crippen LogP contribution is 2.38. The van der Waals surface area contributed by atoms with Gasteiger partial charge in [0.1, 0.15) is 11.6 Å². The molecule has 6 heteroatoms. The van der Waals surface area contributed by atoms with Crippen molar-refractivity contribution in [3.8, 4) is 22.2 Å². The van der Waals surface area contributed by atoms with Gasteiger partial charge >= 0.3 is 0 Å². The number of aryl methyl sites for hydroxylation is 2. The Hall–Kier alpha value is -2.73. The maximum Gasteiger partial charge on any atom is 0.165 e. The molecular weight excluding hydrogens is 325 g/mol. The molecular formula is C18H14FN3OS. The Morgan fingerprint density at radius 2 is 1.96 bits per heavy atom. The first-order valence-electron chi connectivity index (χ1n) is 7.42. The number of thiophene rings is 1. The zero-order valence-corrected chi connectivity index (χ0v) is 14.0. The van der Waals surface area contributed by atoms with Crippen LogP contribution in [0.4, 0.5) is 4.39 Å². The van der Waals surface area contributed by atoms with Crippen molar-refractivity contribution in [1.82, 2.24) is 14.5 Å². The number of ether oxygens (including phenoxy) is 1. The minimum atomic E-state index is -0.374. The number of halogens is 1. The Balaban J connectivity index is 1.79. The lowest BCUT2D eigenvalue weighted by molar-refractivity contribution is 0.446. The number of benzene rings is 1. The van der Waals surface area contributed by atoms with Gasteiger partial charge in [-0.05, 0) is 30.7 Å². The molecule has 120 valence electrons. The first kappa shape index (κ1) is 14.8. The lowest BCUT2D eigenvalue weighted by Crippen LogP contribution is -1.89. The number of hydrogen-bond donors (Lipinski definition) is 0. The summed E-state index contributed by atoms with van der Waals surface area (Å²) in [6.45, 7) is 1.84. The Morgan fingerprint density at radius 1 is 1.08 bits per heavy atom. The van der Waals surface area contributed by atoms with Crippen LogP contribution in [0.3, 0.4) is 0 Å². The number of pyridine rings is 1. The SMILES string of the molecule is Cc1ccc(Oc2ccnc3cc(-c4nccn4C)sc23)c(F)c1. The second-order valence-corrected chi connectivity index (χ2v) is 6.58. The van der Waals surface area contributed by atoms with Crippen molar-refractivity contribution in [3.63, 3.8) is 0 Å². The van der Waals surface area contributed by atoms with Crippen LogP contribution in [-0.4, -0.2) is 14.5 Å². The Bertz CT molecular complexity index is 1040. The summed E-state index contributed by atoms with van der Waals surface area (Å²) in [7, 11) is 1.94. The first-order chi connectivity index (χ1) is 11.6. The molecule has 4 aromatic rings. The van der Waals surface area contributed by atoms with Gasteiger partial charge in [0.15, 0.2) is 11.6 Å². The van der Waals surface area contributed by atoms with E-state index in [1.807, 2.05) is 36.9 Å². The summed E-state index contributed by atoms with van der Waals surface area (Å²) < 4.78 is 22.7. The molecule has 3 aromatic heterocycles. The Morgan fingerprint density at radius 3 is 2.71 bits per heavy atom. The number of hydrogen-bond acceptors (Lipinski definition) is 4. The topological polar surface area (TPSA) is 39.9 Å². The van der Waals surface area contributed by atoms with Crippen LogP contribution in [0.1, 0.15) is 5.56 Å². The van der Waals surface area contributed by atoms with Crippen LogP contribution in [0.25, 0.3) is 20.9 Å². The summed E-state index contributed by atoms with van der Waals surface area (Å²) in [5, 5.41) is 0. The molecule has 0 aliphatic rings. The second-order valence-electron chi connectivity index (χ2n) is 5.53. The monoisotopic (exact) mass is 339 g/mol. The molecule has 4 nitrogen and oxygen atoms in total. The van der Waals surface area contributed by atoms with Gasteiger partial charge in [0.25, 0.3) is 0 Å². The lowest BCUT2D eigenvalue weighted by Gasteiger charge is -2.07. The number of aromatic nitrogens is 3. The van der Waals surface area contributed by atoms with E-state index in [2.05, 4.69) is 9.97 Å². The van der Waals surface area contributed by atoms with Gasteiger partial charge in [-0.25, -0.2) is 9.37 Å². The van der Waals surface area contributed by atoms with Gasteiger partial charge in [-0.15, -0.1) is 11.3 Å². The molecule has 0 N–H and O–H groups in total. The van der Waals surface area contributed by atoms with E-state index in [0.717, 1.165) is 26.5 Å². The van der Waals surface area contributed by atoms with E-state index in [1.165, 1.54) is 17.4 Å². The maximum absolute atomic E-state index is 14.1. The van der Waals surface area contributed by atoms with Crippen molar-refractivity contribution < 1.29 is 9.13 Å². The van der Waals surface area contributed by atoms with Crippen LogP contribution in [0.2, 0.25) is 0 Å². The zero-order valence-electron chi connectivity index (χ0n) is 13.2. The van der Waals surface area contributed by atoms with E-state index in [-0.39, 0.29) is 11.6 Å². The van der Waals surface area contributed by atoms with Gasteiger partial charge in [0.2, 0.25) is 0 Å². The molecule has 0 amide bonds. The molecule has 1 aromatic carbocycles. The average molecular weight is 339 g/mol. The van der Waals surface area contributed by atoms with Crippen LogP contribution in [-0.2, 0) is 7.05 Å². The molecule has 0 bridgehead atoms. The normalized spacial score (nSPS) is 11.1. The van der Waals surface area contributed by atoms with E-state index in [4.69, 9.17) is 4.74 Å². The smallest absolute Gasteiger partial charge is 0.165 e. The summed E-state index contributed by atoms with van der Waals surface area (Å²) in [5.74, 6) is 1.29. The number of nitrogens with zero attached hydrogens (tertiary/aromatic N) is 3. The highest BCUT2D eigenvalue weighted by Gasteiger charge is 2.14. The fourth-order valence-electron chi connectivity index (χ4n) is 2.52. The molecule has 3 heterocycles. The van der Waals surface area contributed by atoms with E-state index in [0.29, 0.717) is 5.75 Å². The zero-order chi connectivity index (χ0) is 16.7. The summed E-state index contributed by atoms with van der Waals surface area (Å²) >= 11 is 1.53. The van der Waals surface area contributed by atoms with E-state index in [1.54, 1.807) is 24.5 Å². The lowest BCUT2D eigenvalue weighted by atomic mass is 10.2. The van der Waals surface area contributed by atoms with Gasteiger partial charge in [0.05, 0.1) is 15.1 Å². The van der Waals surface area contributed by atoms with Crippen molar-refractivity contribution >= 4 is 21.6 Å². The summed E-state index contributed by atoms with van der Waals surface area (Å²) in [4.78, 5) is 9.73. The van der Waals surface area contributed by atoms with E-state index >= 15 is 0 Å². The van der Waals surface area contributed by atoms with Crippen molar-refractivity contribution in [2.75, 3.05) is 0 Å². The molecule has 0 aliphatic carbocycles. The third-order valence-electron chi connectivity index (χ3n) is 3.72. The van der Waals surface area contributed by atoms with Gasteiger partial charge < -0.3 is 9.30 Å². The predicted molar refractivity (Wildman–Crippen MR) is 93.0 cm³/mol. The van der Waals surface area contributed by atoms with Gasteiger partial charge in [-0.3, -0.25) is 4.98 Å². The molecule has 0 fully saturated rings. The predicted octanol–water partition coefficient (Wildman–Crippen LogP) is 4.94. The molecule has 0 spiro atoms. The number of fused-ring (bicyclic) bond motifs is 1. The molecule has 0 saturated heterocycles. The second kappa shape index (κ2) is 5.72. The molecule has 0 unspecified atom stereocenters. The Labute approximate surface area is 142 Å². The fraction of sp³-hybridized carbons (Fsp3) is 0.111.